The van der Waals surface area contributed by atoms with E-state index in [9.17, 15) is 0 Å². The van der Waals surface area contributed by atoms with Crippen LogP contribution in [0.3, 0.4) is 0 Å². The van der Waals surface area contributed by atoms with Crippen molar-refractivity contribution in [3.05, 3.63) is 38.3 Å². The topological polar surface area (TPSA) is 0 Å². The van der Waals surface area contributed by atoms with Crippen molar-refractivity contribution in [3.8, 4) is 0 Å². The second-order valence-corrected chi connectivity index (χ2v) is 2.34. The van der Waals surface area contributed by atoms with Gasteiger partial charge in [0.05, 0.1) is 0 Å². The summed E-state index contributed by atoms with van der Waals surface area (Å²) >= 11 is 0. The van der Waals surface area contributed by atoms with Gasteiger partial charge in [-0.05, 0) is 0 Å². The Morgan fingerprint density at radius 3 is 2.07 bits per heavy atom. The van der Waals surface area contributed by atoms with Crippen molar-refractivity contribution in [2.75, 3.05) is 0 Å². The molecule has 0 amide bonds. The summed E-state index contributed by atoms with van der Waals surface area (Å²) in [6.07, 6.45) is 9.43. The molecule has 0 unspecified atom stereocenters. The van der Waals surface area contributed by atoms with Crippen molar-refractivity contribution in [1.82, 2.24) is 0 Å². The SMILES string of the molecule is [CH][CH-]C[C-](C)C[CH-]C[C-]=C.[Y].[Y].[Y].[Y]. The summed E-state index contributed by atoms with van der Waals surface area (Å²) in [5.41, 5.74) is 0. The molecule has 0 bridgehead atoms. The van der Waals surface area contributed by atoms with Crippen LogP contribution in [0, 0.1) is 31.8 Å². The third-order valence-electron chi connectivity index (χ3n) is 1.25. The third kappa shape index (κ3) is 25.1. The maximum Gasteiger partial charge on any atom is 0 e. The minimum atomic E-state index is 0. The first-order chi connectivity index (χ1) is 4.81. The summed E-state index contributed by atoms with van der Waals surface area (Å²) < 4.78 is 0. The van der Waals surface area contributed by atoms with Crippen LogP contribution in [0.1, 0.15) is 26.2 Å². The summed E-state index contributed by atoms with van der Waals surface area (Å²) in [7, 11) is 0. The summed E-state index contributed by atoms with van der Waals surface area (Å²) in [6, 6.07) is 0. The van der Waals surface area contributed by atoms with E-state index in [2.05, 4.69) is 26.0 Å². The summed E-state index contributed by atoms with van der Waals surface area (Å²) in [6.45, 7) is 10.9. The molecule has 0 N–H and O–H groups in total. The van der Waals surface area contributed by atoms with Gasteiger partial charge in [-0.1, -0.05) is 0 Å². The van der Waals surface area contributed by atoms with Gasteiger partial charge in [-0.2, -0.15) is 6.92 Å². The summed E-state index contributed by atoms with van der Waals surface area (Å²) in [5, 5.41) is 0. The fraction of sp³-hybridized carbons (Fsp3) is 0.400. The van der Waals surface area contributed by atoms with Crippen LogP contribution >= 0.6 is 0 Å². The quantitative estimate of drug-likeness (QED) is 0.398. The van der Waals surface area contributed by atoms with Gasteiger partial charge in [0.1, 0.15) is 0 Å². The van der Waals surface area contributed by atoms with Crippen LogP contribution in [0.2, 0.25) is 0 Å². The number of unbranched alkanes of at least 4 members (excludes halogenated alkanes) is 1. The summed E-state index contributed by atoms with van der Waals surface area (Å²) in [4.78, 5) is 0. The molecule has 0 aliphatic rings. The molecule has 0 aromatic heterocycles. The second kappa shape index (κ2) is 25.9. The Kier molecular flexibility index (Phi) is 57.1. The Bertz CT molecular complexity index is 86.2. The van der Waals surface area contributed by atoms with Crippen LogP contribution in [0.15, 0.2) is 6.58 Å². The standard InChI is InChI=1S/C10H14.4Y/c1-4-6-7-9-10(3)8-5-2;;;;/h2,5,7H,1,6,8-9H2,3H3;;;;/q-4;;;;. The van der Waals surface area contributed by atoms with Gasteiger partial charge in [0, 0.05) is 131 Å². The summed E-state index contributed by atoms with van der Waals surface area (Å²) in [5.74, 6) is 1.39. The Hall–Kier alpha value is 4.16. The zero-order valence-electron chi connectivity index (χ0n) is 8.87. The van der Waals surface area contributed by atoms with Crippen LogP contribution in [-0.2, 0) is 131 Å². The molecule has 14 heavy (non-hydrogen) atoms. The molecule has 0 aromatic rings. The van der Waals surface area contributed by atoms with Gasteiger partial charge in [-0.25, -0.2) is 6.92 Å². The van der Waals surface area contributed by atoms with E-state index in [4.69, 9.17) is 6.92 Å². The fourth-order valence-electron chi connectivity index (χ4n) is 0.705. The van der Waals surface area contributed by atoms with Crippen LogP contribution < -0.4 is 0 Å². The molecule has 0 aliphatic heterocycles. The molecule has 0 fully saturated rings. The number of allylic oxidation sites excluding steroid dienone is 1. The zero-order valence-corrected chi connectivity index (χ0v) is 20.2. The minimum absolute atomic E-state index is 0. The van der Waals surface area contributed by atoms with E-state index in [0.29, 0.717) is 0 Å². The van der Waals surface area contributed by atoms with Crippen molar-refractivity contribution in [2.45, 2.75) is 26.2 Å². The van der Waals surface area contributed by atoms with Crippen LogP contribution in [-0.4, -0.2) is 0 Å². The Balaban J connectivity index is -0.0000000675. The molecule has 0 aliphatic carbocycles. The van der Waals surface area contributed by atoms with Crippen LogP contribution in [0.5, 0.6) is 0 Å². The van der Waals surface area contributed by atoms with Crippen molar-refractivity contribution in [2.24, 2.45) is 0 Å². The minimum Gasteiger partial charge on any atom is -0.534 e. The maximum absolute atomic E-state index is 5.25. The number of hydrogen-bond donors (Lipinski definition) is 0. The molecule has 0 aromatic carbocycles. The first-order valence-electron chi connectivity index (χ1n) is 3.47. The molecule has 0 saturated heterocycles. The molecule has 0 heterocycles. The van der Waals surface area contributed by atoms with Gasteiger partial charge in [-0.3, -0.25) is 6.58 Å². The third-order valence-corrected chi connectivity index (χ3v) is 1.25. The molecule has 0 nitrogen and oxygen atoms in total. The van der Waals surface area contributed by atoms with E-state index in [0.717, 1.165) is 19.3 Å². The van der Waals surface area contributed by atoms with Gasteiger partial charge in [-0.15, -0.1) is 0 Å². The smallest absolute Gasteiger partial charge is 0 e. The van der Waals surface area contributed by atoms with E-state index < -0.39 is 0 Å². The predicted octanol–water partition coefficient (Wildman–Crippen LogP) is 2.85. The first kappa shape index (κ1) is 30.9. The predicted molar refractivity (Wildman–Crippen MR) is 44.5 cm³/mol. The Morgan fingerprint density at radius 2 is 1.71 bits per heavy atom. The fourth-order valence-corrected chi connectivity index (χ4v) is 0.705. The maximum atomic E-state index is 5.25. The van der Waals surface area contributed by atoms with Gasteiger partial charge in [0.2, 0.25) is 0 Å². The van der Waals surface area contributed by atoms with Gasteiger partial charge >= 0.3 is 0 Å². The van der Waals surface area contributed by atoms with Crippen LogP contribution in [0.4, 0.5) is 0 Å². The second-order valence-electron chi connectivity index (χ2n) is 2.34. The molecule has 0 saturated carbocycles. The molecule has 4 heteroatoms. The largest absolute Gasteiger partial charge is 0.534 e. The van der Waals surface area contributed by atoms with Crippen molar-refractivity contribution < 1.29 is 131 Å². The molecule has 6 radical (unpaired) electrons. The van der Waals surface area contributed by atoms with E-state index in [1.807, 2.05) is 0 Å². The van der Waals surface area contributed by atoms with Crippen molar-refractivity contribution in [3.63, 3.8) is 0 Å². The van der Waals surface area contributed by atoms with Crippen molar-refractivity contribution >= 4 is 0 Å². The van der Waals surface area contributed by atoms with E-state index >= 15 is 0 Å². The monoisotopic (exact) mass is 490 g/mol. The molecular weight excluding hydrogens is 476 g/mol. The Morgan fingerprint density at radius 1 is 1.21 bits per heavy atom. The molecule has 0 rings (SSSR count). The van der Waals surface area contributed by atoms with Gasteiger partial charge in [0.25, 0.3) is 0 Å². The molecular formula is C10H14Y4-4. The number of hydrogen-bond acceptors (Lipinski definition) is 0. The average molecular weight is 490 g/mol. The van der Waals surface area contributed by atoms with E-state index in [1.165, 1.54) is 5.92 Å². The van der Waals surface area contributed by atoms with Gasteiger partial charge < -0.3 is 44.1 Å². The van der Waals surface area contributed by atoms with Gasteiger partial charge in [0.15, 0.2) is 0 Å². The zero-order chi connectivity index (χ0) is 7.82. The van der Waals surface area contributed by atoms with Crippen molar-refractivity contribution in [1.29, 1.82) is 0 Å². The van der Waals surface area contributed by atoms with Crippen LogP contribution in [0.25, 0.3) is 0 Å². The molecule has 70 valence electrons. The number of rotatable bonds is 6. The first-order valence-corrected chi connectivity index (χ1v) is 3.47. The Labute approximate surface area is 191 Å². The molecule has 0 spiro atoms. The van der Waals surface area contributed by atoms with E-state index in [-0.39, 0.29) is 131 Å². The molecule has 0 atom stereocenters. The average Bonchev–Trinajstić information content (AvgIpc) is 1.89. The normalized spacial score (nSPS) is 7.36. The van der Waals surface area contributed by atoms with E-state index in [1.54, 1.807) is 6.42 Å².